The first-order chi connectivity index (χ1) is 5.74. The number of nitrogens with zero attached hydrogens (tertiary/aromatic N) is 2. The molecule has 0 aromatic carbocycles. The molecule has 4 heteroatoms. The SMILES string of the molecule is C=CCNC(=S)n1ccc(C)n1. The Morgan fingerprint density at radius 3 is 3.17 bits per heavy atom. The first kappa shape index (κ1) is 8.93. The molecule has 3 nitrogen and oxygen atoms in total. The standard InChI is InChI=1S/C8H11N3S/c1-3-5-9-8(12)11-6-4-7(2)10-11/h3-4,6H,1,5H2,2H3,(H,9,12). The lowest BCUT2D eigenvalue weighted by molar-refractivity contribution is 0.868. The predicted octanol–water partition coefficient (Wildman–Crippen LogP) is 1.10. The third-order valence-electron chi connectivity index (χ3n) is 1.33. The number of aromatic nitrogens is 2. The van der Waals surface area contributed by atoms with Crippen LogP contribution in [0, 0.1) is 6.92 Å². The molecule has 0 saturated heterocycles. The van der Waals surface area contributed by atoms with Crippen molar-refractivity contribution in [1.29, 1.82) is 0 Å². The summed E-state index contributed by atoms with van der Waals surface area (Å²) in [7, 11) is 0. The number of rotatable bonds is 2. The zero-order valence-electron chi connectivity index (χ0n) is 6.95. The van der Waals surface area contributed by atoms with Gasteiger partial charge in [0.05, 0.1) is 5.69 Å². The molecule has 0 radical (unpaired) electrons. The molecule has 1 rings (SSSR count). The van der Waals surface area contributed by atoms with Gasteiger partial charge in [-0.2, -0.15) is 5.10 Å². The first-order valence-corrected chi connectivity index (χ1v) is 4.06. The van der Waals surface area contributed by atoms with Crippen LogP contribution in [0.25, 0.3) is 0 Å². The highest BCUT2D eigenvalue weighted by Crippen LogP contribution is 1.91. The minimum atomic E-state index is 0.600. The molecule has 64 valence electrons. The molecule has 0 spiro atoms. The van der Waals surface area contributed by atoms with E-state index in [1.54, 1.807) is 10.8 Å². The first-order valence-electron chi connectivity index (χ1n) is 3.65. The summed E-state index contributed by atoms with van der Waals surface area (Å²) in [5.74, 6) is 0. The summed E-state index contributed by atoms with van der Waals surface area (Å²) in [6.45, 7) is 6.17. The predicted molar refractivity (Wildman–Crippen MR) is 53.2 cm³/mol. The molecule has 0 aliphatic rings. The van der Waals surface area contributed by atoms with Crippen molar-refractivity contribution in [2.24, 2.45) is 0 Å². The largest absolute Gasteiger partial charge is 0.357 e. The molecule has 1 aromatic rings. The van der Waals surface area contributed by atoms with Gasteiger partial charge in [0.1, 0.15) is 0 Å². The number of hydrogen-bond acceptors (Lipinski definition) is 2. The second-order valence-electron chi connectivity index (χ2n) is 2.38. The molecule has 1 aromatic heterocycles. The molecule has 0 aliphatic heterocycles. The van der Waals surface area contributed by atoms with Crippen molar-refractivity contribution in [2.45, 2.75) is 6.92 Å². The van der Waals surface area contributed by atoms with Crippen molar-refractivity contribution in [3.63, 3.8) is 0 Å². The fourth-order valence-corrected chi connectivity index (χ4v) is 0.954. The fourth-order valence-electron chi connectivity index (χ4n) is 0.769. The van der Waals surface area contributed by atoms with Crippen molar-refractivity contribution in [3.05, 3.63) is 30.6 Å². The van der Waals surface area contributed by atoms with Gasteiger partial charge in [-0.1, -0.05) is 6.08 Å². The Hall–Kier alpha value is -1.16. The Bertz CT molecular complexity index is 290. The molecule has 12 heavy (non-hydrogen) atoms. The average Bonchev–Trinajstić information content (AvgIpc) is 2.47. The van der Waals surface area contributed by atoms with Crippen LogP contribution in [0.15, 0.2) is 24.9 Å². The van der Waals surface area contributed by atoms with Gasteiger partial charge in [0.15, 0.2) is 5.11 Å². The van der Waals surface area contributed by atoms with Crippen LogP contribution in [-0.2, 0) is 0 Å². The van der Waals surface area contributed by atoms with Crippen molar-refractivity contribution >= 4 is 17.3 Å². The van der Waals surface area contributed by atoms with Gasteiger partial charge in [-0.15, -0.1) is 6.58 Å². The van der Waals surface area contributed by atoms with E-state index in [2.05, 4.69) is 17.0 Å². The minimum absolute atomic E-state index is 0.600. The molecule has 1 N–H and O–H groups in total. The smallest absolute Gasteiger partial charge is 0.194 e. The van der Waals surface area contributed by atoms with Crippen LogP contribution in [0.3, 0.4) is 0 Å². The molecule has 0 fully saturated rings. The Morgan fingerprint density at radius 1 is 1.92 bits per heavy atom. The maximum Gasteiger partial charge on any atom is 0.194 e. The second kappa shape index (κ2) is 4.01. The Kier molecular flexibility index (Phi) is 2.99. The molecular formula is C8H11N3S. The summed E-state index contributed by atoms with van der Waals surface area (Å²) in [5.41, 5.74) is 0.956. The van der Waals surface area contributed by atoms with E-state index in [-0.39, 0.29) is 0 Å². The summed E-state index contributed by atoms with van der Waals surface area (Å²) in [6, 6.07) is 1.90. The van der Waals surface area contributed by atoms with E-state index >= 15 is 0 Å². The topological polar surface area (TPSA) is 29.9 Å². The van der Waals surface area contributed by atoms with Crippen LogP contribution in [0.5, 0.6) is 0 Å². The quantitative estimate of drug-likeness (QED) is 0.547. The van der Waals surface area contributed by atoms with E-state index < -0.39 is 0 Å². The number of thiocarbonyl (C=S) groups is 1. The van der Waals surface area contributed by atoms with Gasteiger partial charge in [0.25, 0.3) is 0 Å². The summed E-state index contributed by atoms with van der Waals surface area (Å²) >= 11 is 5.04. The lowest BCUT2D eigenvalue weighted by Gasteiger charge is -2.03. The molecule has 1 heterocycles. The summed E-state index contributed by atoms with van der Waals surface area (Å²) in [4.78, 5) is 0. The van der Waals surface area contributed by atoms with Gasteiger partial charge >= 0.3 is 0 Å². The van der Waals surface area contributed by atoms with Crippen molar-refractivity contribution in [2.75, 3.05) is 6.54 Å². The van der Waals surface area contributed by atoms with E-state index in [4.69, 9.17) is 12.2 Å². The molecule has 0 bridgehead atoms. The van der Waals surface area contributed by atoms with E-state index in [9.17, 15) is 0 Å². The maximum atomic E-state index is 5.04. The molecule has 0 atom stereocenters. The summed E-state index contributed by atoms with van der Waals surface area (Å²) < 4.78 is 1.63. The van der Waals surface area contributed by atoms with Crippen LogP contribution in [0.2, 0.25) is 0 Å². The highest BCUT2D eigenvalue weighted by molar-refractivity contribution is 7.80. The molecule has 0 amide bonds. The van der Waals surface area contributed by atoms with Gasteiger partial charge in [0.2, 0.25) is 0 Å². The molecule has 0 aliphatic carbocycles. The second-order valence-corrected chi connectivity index (χ2v) is 2.76. The zero-order valence-corrected chi connectivity index (χ0v) is 7.77. The Morgan fingerprint density at radius 2 is 2.67 bits per heavy atom. The molecular weight excluding hydrogens is 170 g/mol. The minimum Gasteiger partial charge on any atom is -0.357 e. The normalized spacial score (nSPS) is 9.42. The third kappa shape index (κ3) is 2.17. The summed E-state index contributed by atoms with van der Waals surface area (Å²) in [5, 5.41) is 7.72. The van der Waals surface area contributed by atoms with Crippen LogP contribution < -0.4 is 5.32 Å². The van der Waals surface area contributed by atoms with Crippen molar-refractivity contribution < 1.29 is 0 Å². The van der Waals surface area contributed by atoms with Gasteiger partial charge < -0.3 is 5.32 Å². The zero-order chi connectivity index (χ0) is 8.97. The van der Waals surface area contributed by atoms with Crippen LogP contribution in [0.1, 0.15) is 5.69 Å². The van der Waals surface area contributed by atoms with Gasteiger partial charge in [-0.3, -0.25) is 0 Å². The monoisotopic (exact) mass is 181 g/mol. The highest BCUT2D eigenvalue weighted by atomic mass is 32.1. The van der Waals surface area contributed by atoms with Gasteiger partial charge in [-0.25, -0.2) is 4.68 Å². The highest BCUT2D eigenvalue weighted by Gasteiger charge is 1.97. The van der Waals surface area contributed by atoms with Gasteiger partial charge in [0, 0.05) is 12.7 Å². The Labute approximate surface area is 77.1 Å². The number of nitrogens with one attached hydrogen (secondary N) is 1. The molecule has 0 saturated carbocycles. The van der Waals surface area contributed by atoms with E-state index in [0.29, 0.717) is 11.7 Å². The van der Waals surface area contributed by atoms with E-state index in [0.717, 1.165) is 5.69 Å². The van der Waals surface area contributed by atoms with E-state index in [1.807, 2.05) is 19.2 Å². The van der Waals surface area contributed by atoms with Crippen molar-refractivity contribution in [3.8, 4) is 0 Å². The van der Waals surface area contributed by atoms with Gasteiger partial charge in [-0.05, 0) is 25.2 Å². The van der Waals surface area contributed by atoms with Crippen LogP contribution >= 0.6 is 12.2 Å². The van der Waals surface area contributed by atoms with E-state index in [1.165, 1.54) is 0 Å². The van der Waals surface area contributed by atoms with Crippen molar-refractivity contribution in [1.82, 2.24) is 15.1 Å². The third-order valence-corrected chi connectivity index (χ3v) is 1.66. The number of aryl methyl sites for hydroxylation is 1. The maximum absolute atomic E-state index is 5.04. The fraction of sp³-hybridized carbons (Fsp3) is 0.250. The van der Waals surface area contributed by atoms with Crippen LogP contribution in [0.4, 0.5) is 0 Å². The summed E-state index contributed by atoms with van der Waals surface area (Å²) in [6.07, 6.45) is 3.58. The molecule has 0 unspecified atom stereocenters. The van der Waals surface area contributed by atoms with Crippen LogP contribution in [-0.4, -0.2) is 21.4 Å². The lowest BCUT2D eigenvalue weighted by atomic mass is 10.5. The average molecular weight is 181 g/mol. The number of hydrogen-bond donors (Lipinski definition) is 1. The Balaban J connectivity index is 2.59. The lowest BCUT2D eigenvalue weighted by Crippen LogP contribution is -2.28.